The van der Waals surface area contributed by atoms with Crippen molar-refractivity contribution >= 4 is 15.9 Å². The minimum atomic E-state index is 0.123. The molecule has 3 heteroatoms. The summed E-state index contributed by atoms with van der Waals surface area (Å²) in [5.41, 5.74) is 7.39. The molecule has 0 radical (unpaired) electrons. The molecule has 0 aromatic heterocycles. The highest BCUT2D eigenvalue weighted by Crippen LogP contribution is 2.36. The smallest absolute Gasteiger partial charge is 0.125 e. The molecule has 2 N–H and O–H groups in total. The highest BCUT2D eigenvalue weighted by molar-refractivity contribution is 9.10. The molecule has 19 heavy (non-hydrogen) atoms. The molecule has 1 aliphatic heterocycles. The molecule has 1 aromatic carbocycles. The molecule has 0 fully saturated rings. The van der Waals surface area contributed by atoms with Crippen LogP contribution in [0.4, 0.5) is 0 Å². The fourth-order valence-electron chi connectivity index (χ4n) is 2.71. The third-order valence-electron chi connectivity index (χ3n) is 3.82. The van der Waals surface area contributed by atoms with Crippen LogP contribution in [0.3, 0.4) is 0 Å². The van der Waals surface area contributed by atoms with Crippen LogP contribution in [-0.4, -0.2) is 6.10 Å². The molecular formula is C16H24BrNO. The zero-order valence-electron chi connectivity index (χ0n) is 11.7. The lowest BCUT2D eigenvalue weighted by atomic mass is 9.94. The third kappa shape index (κ3) is 4.22. The van der Waals surface area contributed by atoms with Gasteiger partial charge in [-0.25, -0.2) is 0 Å². The van der Waals surface area contributed by atoms with E-state index in [0.29, 0.717) is 6.10 Å². The van der Waals surface area contributed by atoms with Gasteiger partial charge in [0, 0.05) is 22.5 Å². The van der Waals surface area contributed by atoms with Crippen molar-refractivity contribution in [1.82, 2.24) is 0 Å². The van der Waals surface area contributed by atoms with Crippen LogP contribution in [0.2, 0.25) is 0 Å². The first-order valence-electron chi connectivity index (χ1n) is 7.42. The van der Waals surface area contributed by atoms with Crippen molar-refractivity contribution in [3.63, 3.8) is 0 Å². The number of halogens is 1. The molecular weight excluding hydrogens is 302 g/mol. The Bertz CT molecular complexity index is 408. The molecule has 2 nitrogen and oxygen atoms in total. The van der Waals surface area contributed by atoms with Gasteiger partial charge in [0.25, 0.3) is 0 Å². The molecule has 1 aromatic rings. The molecule has 2 atom stereocenters. The number of ether oxygens (including phenoxy) is 1. The van der Waals surface area contributed by atoms with E-state index in [2.05, 4.69) is 28.9 Å². The van der Waals surface area contributed by atoms with E-state index in [1.807, 2.05) is 12.1 Å². The van der Waals surface area contributed by atoms with Crippen LogP contribution in [0.25, 0.3) is 0 Å². The molecule has 106 valence electrons. The van der Waals surface area contributed by atoms with Gasteiger partial charge >= 0.3 is 0 Å². The number of rotatable bonds is 6. The highest BCUT2D eigenvalue weighted by Gasteiger charge is 2.25. The van der Waals surface area contributed by atoms with Crippen LogP contribution >= 0.6 is 15.9 Å². The Kier molecular flexibility index (Phi) is 5.71. The lowest BCUT2D eigenvalue weighted by Gasteiger charge is -2.30. The maximum Gasteiger partial charge on any atom is 0.125 e. The van der Waals surface area contributed by atoms with Crippen LogP contribution in [0.5, 0.6) is 5.75 Å². The summed E-state index contributed by atoms with van der Waals surface area (Å²) >= 11 is 3.49. The van der Waals surface area contributed by atoms with Gasteiger partial charge in [0.2, 0.25) is 0 Å². The number of unbranched alkanes of at least 4 members (excludes halogenated alkanes) is 4. The number of nitrogens with two attached hydrogens (primary N) is 1. The van der Waals surface area contributed by atoms with Crippen LogP contribution in [-0.2, 0) is 0 Å². The first-order valence-corrected chi connectivity index (χ1v) is 8.21. The molecule has 1 aliphatic rings. The van der Waals surface area contributed by atoms with Crippen molar-refractivity contribution in [3.8, 4) is 5.75 Å². The van der Waals surface area contributed by atoms with E-state index in [9.17, 15) is 0 Å². The average Bonchev–Trinajstić information content (AvgIpc) is 2.38. The molecule has 2 rings (SSSR count). The Morgan fingerprint density at radius 1 is 1.26 bits per heavy atom. The summed E-state index contributed by atoms with van der Waals surface area (Å²) < 4.78 is 7.14. The van der Waals surface area contributed by atoms with Crippen molar-refractivity contribution in [2.45, 2.75) is 64.0 Å². The molecule has 0 saturated carbocycles. The Balaban J connectivity index is 1.86. The molecule has 0 amide bonds. The van der Waals surface area contributed by atoms with Gasteiger partial charge in [-0.15, -0.1) is 0 Å². The van der Waals surface area contributed by atoms with E-state index in [0.717, 1.165) is 28.6 Å². The van der Waals surface area contributed by atoms with Gasteiger partial charge in [-0.05, 0) is 25.0 Å². The van der Waals surface area contributed by atoms with Gasteiger partial charge < -0.3 is 10.5 Å². The first kappa shape index (κ1) is 14.9. The monoisotopic (exact) mass is 325 g/mol. The summed E-state index contributed by atoms with van der Waals surface area (Å²) in [6.07, 6.45) is 8.92. The van der Waals surface area contributed by atoms with Crippen molar-refractivity contribution in [1.29, 1.82) is 0 Å². The zero-order chi connectivity index (χ0) is 13.7. The summed E-state index contributed by atoms with van der Waals surface area (Å²) in [5, 5.41) is 0. The van der Waals surface area contributed by atoms with E-state index < -0.39 is 0 Å². The van der Waals surface area contributed by atoms with Crippen molar-refractivity contribution < 1.29 is 4.74 Å². The minimum absolute atomic E-state index is 0.123. The molecule has 0 spiro atoms. The summed E-state index contributed by atoms with van der Waals surface area (Å²) in [6, 6.07) is 6.27. The Labute approximate surface area is 124 Å². The van der Waals surface area contributed by atoms with Crippen LogP contribution in [0.1, 0.15) is 63.5 Å². The van der Waals surface area contributed by atoms with Crippen molar-refractivity contribution in [3.05, 3.63) is 28.2 Å². The summed E-state index contributed by atoms with van der Waals surface area (Å²) in [6.45, 7) is 2.25. The summed E-state index contributed by atoms with van der Waals surface area (Å²) in [7, 11) is 0. The highest BCUT2D eigenvalue weighted by atomic mass is 79.9. The fourth-order valence-corrected chi connectivity index (χ4v) is 3.05. The fraction of sp³-hybridized carbons (Fsp3) is 0.625. The number of hydrogen-bond acceptors (Lipinski definition) is 2. The molecule has 1 heterocycles. The second kappa shape index (κ2) is 7.30. The topological polar surface area (TPSA) is 35.2 Å². The summed E-state index contributed by atoms with van der Waals surface area (Å²) in [4.78, 5) is 0. The van der Waals surface area contributed by atoms with Crippen molar-refractivity contribution in [2.75, 3.05) is 0 Å². The zero-order valence-corrected chi connectivity index (χ0v) is 13.3. The second-order valence-corrected chi connectivity index (χ2v) is 6.38. The first-order chi connectivity index (χ1) is 9.20. The largest absolute Gasteiger partial charge is 0.490 e. The van der Waals surface area contributed by atoms with Crippen LogP contribution in [0, 0.1) is 0 Å². The van der Waals surface area contributed by atoms with Gasteiger partial charge in [-0.3, -0.25) is 0 Å². The Hall–Kier alpha value is -0.540. The number of hydrogen-bond donors (Lipinski definition) is 1. The van der Waals surface area contributed by atoms with E-state index in [4.69, 9.17) is 10.5 Å². The maximum absolute atomic E-state index is 6.24. The maximum atomic E-state index is 6.24. The quantitative estimate of drug-likeness (QED) is 0.750. The number of benzene rings is 1. The molecule has 1 unspecified atom stereocenters. The predicted octanol–water partition coefficient (Wildman–Crippen LogP) is 4.96. The van der Waals surface area contributed by atoms with Crippen LogP contribution in [0.15, 0.2) is 22.7 Å². The average molecular weight is 326 g/mol. The Morgan fingerprint density at radius 2 is 2.05 bits per heavy atom. The molecule has 0 saturated heterocycles. The van der Waals surface area contributed by atoms with E-state index >= 15 is 0 Å². The lowest BCUT2D eigenvalue weighted by molar-refractivity contribution is 0.146. The van der Waals surface area contributed by atoms with Crippen molar-refractivity contribution in [2.24, 2.45) is 5.73 Å². The minimum Gasteiger partial charge on any atom is -0.490 e. The van der Waals surface area contributed by atoms with Gasteiger partial charge in [-0.1, -0.05) is 54.6 Å². The number of fused-ring (bicyclic) bond motifs is 1. The third-order valence-corrected chi connectivity index (χ3v) is 4.31. The van der Waals surface area contributed by atoms with Gasteiger partial charge in [0.15, 0.2) is 0 Å². The standard InChI is InChI=1S/C16H24BrNO/c1-2-3-4-5-6-7-13-11-15(18)14-9-8-12(17)10-16(14)19-13/h8-10,13,15H,2-7,11,18H2,1H3/t13?,15-/m0/s1. The lowest BCUT2D eigenvalue weighted by Crippen LogP contribution is -2.29. The summed E-state index contributed by atoms with van der Waals surface area (Å²) in [5.74, 6) is 0.965. The van der Waals surface area contributed by atoms with E-state index in [1.54, 1.807) is 0 Å². The van der Waals surface area contributed by atoms with E-state index in [1.165, 1.54) is 32.1 Å². The van der Waals surface area contributed by atoms with Crippen LogP contribution < -0.4 is 10.5 Å². The molecule has 0 bridgehead atoms. The molecule has 0 aliphatic carbocycles. The second-order valence-electron chi connectivity index (χ2n) is 5.47. The Morgan fingerprint density at radius 3 is 2.84 bits per heavy atom. The predicted molar refractivity (Wildman–Crippen MR) is 83.5 cm³/mol. The van der Waals surface area contributed by atoms with E-state index in [-0.39, 0.29) is 6.04 Å². The SMILES string of the molecule is CCCCCCCC1C[C@H](N)c2ccc(Br)cc2O1. The van der Waals surface area contributed by atoms with Gasteiger partial charge in [-0.2, -0.15) is 0 Å². The van der Waals surface area contributed by atoms with Gasteiger partial charge in [0.1, 0.15) is 11.9 Å². The normalized spacial score (nSPS) is 21.8. The van der Waals surface area contributed by atoms with Gasteiger partial charge in [0.05, 0.1) is 0 Å².